The van der Waals surface area contributed by atoms with Crippen LogP contribution >= 0.6 is 11.3 Å². The molecule has 0 fully saturated rings. The van der Waals surface area contributed by atoms with E-state index in [1.807, 2.05) is 26.8 Å². The standard InChI is InChI=1S/C13H19N5O2S/c1-6(2)9(12(19)20-4)15-10-8-5-7(3)21-11(8)17-13(16-10)18-14/h5-6,9H,14H2,1-4H3,(H2,15,16,17,18). The molecule has 2 aromatic rings. The van der Waals surface area contributed by atoms with Crippen LogP contribution in [-0.2, 0) is 9.53 Å². The highest BCUT2D eigenvalue weighted by atomic mass is 32.1. The SMILES string of the molecule is COC(=O)C(Nc1nc(NN)nc2sc(C)cc12)C(C)C. The minimum atomic E-state index is -0.487. The van der Waals surface area contributed by atoms with Crippen molar-refractivity contribution < 1.29 is 9.53 Å². The summed E-state index contributed by atoms with van der Waals surface area (Å²) in [4.78, 5) is 22.4. The van der Waals surface area contributed by atoms with Crippen LogP contribution in [0.4, 0.5) is 11.8 Å². The van der Waals surface area contributed by atoms with Crippen LogP contribution in [0.25, 0.3) is 10.2 Å². The molecular weight excluding hydrogens is 290 g/mol. The van der Waals surface area contributed by atoms with E-state index in [0.717, 1.165) is 15.1 Å². The summed E-state index contributed by atoms with van der Waals surface area (Å²) in [5.41, 5.74) is 2.44. The second kappa shape index (κ2) is 6.23. The minimum absolute atomic E-state index is 0.0523. The molecule has 0 aliphatic carbocycles. The van der Waals surface area contributed by atoms with Gasteiger partial charge in [-0.25, -0.2) is 15.6 Å². The van der Waals surface area contributed by atoms with Gasteiger partial charge in [-0.1, -0.05) is 13.8 Å². The number of rotatable bonds is 5. The van der Waals surface area contributed by atoms with Crippen LogP contribution in [0.5, 0.6) is 0 Å². The van der Waals surface area contributed by atoms with Crippen molar-refractivity contribution in [1.29, 1.82) is 0 Å². The van der Waals surface area contributed by atoms with Crippen LogP contribution in [0.1, 0.15) is 18.7 Å². The largest absolute Gasteiger partial charge is 0.467 e. The molecule has 7 nitrogen and oxygen atoms in total. The number of hydrogen-bond acceptors (Lipinski definition) is 8. The van der Waals surface area contributed by atoms with E-state index in [0.29, 0.717) is 11.8 Å². The number of thiophene rings is 1. The molecule has 0 aromatic carbocycles. The molecular formula is C13H19N5O2S. The van der Waals surface area contributed by atoms with Crippen molar-refractivity contribution in [2.75, 3.05) is 17.9 Å². The Morgan fingerprint density at radius 1 is 1.43 bits per heavy atom. The van der Waals surface area contributed by atoms with Gasteiger partial charge in [-0.15, -0.1) is 11.3 Å². The van der Waals surface area contributed by atoms with Crippen molar-refractivity contribution in [3.8, 4) is 0 Å². The Kier molecular flexibility index (Phi) is 4.59. The lowest BCUT2D eigenvalue weighted by Gasteiger charge is -2.20. The van der Waals surface area contributed by atoms with E-state index in [1.165, 1.54) is 7.11 Å². The highest BCUT2D eigenvalue weighted by Gasteiger charge is 2.24. The predicted molar refractivity (Wildman–Crippen MR) is 84.2 cm³/mol. The molecule has 0 saturated carbocycles. The van der Waals surface area contributed by atoms with Gasteiger partial charge in [-0.2, -0.15) is 4.98 Å². The van der Waals surface area contributed by atoms with Gasteiger partial charge in [0.15, 0.2) is 0 Å². The average molecular weight is 309 g/mol. The summed E-state index contributed by atoms with van der Waals surface area (Å²) in [6.45, 7) is 5.87. The molecule has 2 heterocycles. The number of hydrazine groups is 1. The van der Waals surface area contributed by atoms with Gasteiger partial charge in [0.25, 0.3) is 0 Å². The van der Waals surface area contributed by atoms with Crippen molar-refractivity contribution >= 4 is 39.3 Å². The first-order valence-electron chi connectivity index (χ1n) is 6.55. The number of nitrogens with two attached hydrogens (primary N) is 1. The third-order valence-corrected chi connectivity index (χ3v) is 4.00. The molecule has 114 valence electrons. The lowest BCUT2D eigenvalue weighted by molar-refractivity contribution is -0.142. The van der Waals surface area contributed by atoms with E-state index in [9.17, 15) is 4.79 Å². The average Bonchev–Trinajstić information content (AvgIpc) is 2.83. The van der Waals surface area contributed by atoms with Crippen molar-refractivity contribution in [2.45, 2.75) is 26.8 Å². The maximum atomic E-state index is 11.9. The maximum absolute atomic E-state index is 11.9. The number of carbonyl (C=O) groups excluding carboxylic acids is 1. The molecule has 8 heteroatoms. The van der Waals surface area contributed by atoms with E-state index in [-0.39, 0.29) is 11.9 Å². The van der Waals surface area contributed by atoms with Gasteiger partial charge in [-0.05, 0) is 18.9 Å². The normalized spacial score (nSPS) is 12.5. The van der Waals surface area contributed by atoms with Crippen LogP contribution in [0.3, 0.4) is 0 Å². The van der Waals surface area contributed by atoms with Crippen LogP contribution in [0, 0.1) is 12.8 Å². The fourth-order valence-corrected chi connectivity index (χ4v) is 2.87. The molecule has 4 N–H and O–H groups in total. The van der Waals surface area contributed by atoms with Gasteiger partial charge in [0.05, 0.1) is 12.5 Å². The van der Waals surface area contributed by atoms with Crippen molar-refractivity contribution in [2.24, 2.45) is 11.8 Å². The van der Waals surface area contributed by atoms with E-state index in [4.69, 9.17) is 10.6 Å². The van der Waals surface area contributed by atoms with E-state index < -0.39 is 6.04 Å². The molecule has 0 aliphatic rings. The molecule has 0 aliphatic heterocycles. The number of nitrogens with zero attached hydrogens (tertiary/aromatic N) is 2. The molecule has 0 radical (unpaired) electrons. The summed E-state index contributed by atoms with van der Waals surface area (Å²) >= 11 is 1.54. The number of anilines is 2. The first-order valence-corrected chi connectivity index (χ1v) is 7.37. The Hall–Kier alpha value is -1.93. The zero-order chi connectivity index (χ0) is 15.6. The molecule has 0 amide bonds. The molecule has 0 spiro atoms. The van der Waals surface area contributed by atoms with Crippen LogP contribution in [-0.4, -0.2) is 29.1 Å². The number of nitrogen functional groups attached to an aromatic ring is 1. The number of esters is 1. The van der Waals surface area contributed by atoms with Crippen LogP contribution in [0.2, 0.25) is 0 Å². The zero-order valence-corrected chi connectivity index (χ0v) is 13.2. The number of ether oxygens (including phenoxy) is 1. The topological polar surface area (TPSA) is 102 Å². The second-order valence-electron chi connectivity index (χ2n) is 5.01. The summed E-state index contributed by atoms with van der Waals surface area (Å²) in [5.74, 6) is 6.00. The fraction of sp³-hybridized carbons (Fsp3) is 0.462. The Labute approximate surface area is 126 Å². The highest BCUT2D eigenvalue weighted by molar-refractivity contribution is 7.18. The molecule has 0 bridgehead atoms. The molecule has 0 saturated heterocycles. The number of methoxy groups -OCH3 is 1. The minimum Gasteiger partial charge on any atom is -0.467 e. The molecule has 1 unspecified atom stereocenters. The van der Waals surface area contributed by atoms with Crippen molar-refractivity contribution in [3.63, 3.8) is 0 Å². The smallest absolute Gasteiger partial charge is 0.328 e. The summed E-state index contributed by atoms with van der Waals surface area (Å²) in [7, 11) is 1.37. The monoisotopic (exact) mass is 309 g/mol. The summed E-state index contributed by atoms with van der Waals surface area (Å²) in [6.07, 6.45) is 0. The van der Waals surface area contributed by atoms with Crippen molar-refractivity contribution in [3.05, 3.63) is 10.9 Å². The molecule has 1 atom stereocenters. The highest BCUT2D eigenvalue weighted by Crippen LogP contribution is 2.30. The number of fused-ring (bicyclic) bond motifs is 1. The first-order chi connectivity index (χ1) is 9.96. The number of aryl methyl sites for hydroxylation is 1. The maximum Gasteiger partial charge on any atom is 0.328 e. The summed E-state index contributed by atoms with van der Waals surface area (Å²) < 4.78 is 4.84. The Morgan fingerprint density at radius 3 is 2.71 bits per heavy atom. The molecule has 21 heavy (non-hydrogen) atoms. The summed E-state index contributed by atoms with van der Waals surface area (Å²) in [5, 5.41) is 4.01. The van der Waals surface area contributed by atoms with Crippen LogP contribution < -0.4 is 16.6 Å². The summed E-state index contributed by atoms with van der Waals surface area (Å²) in [6, 6.07) is 1.50. The number of aromatic nitrogens is 2. The quantitative estimate of drug-likeness (QED) is 0.440. The predicted octanol–water partition coefficient (Wildman–Crippen LogP) is 1.89. The lowest BCUT2D eigenvalue weighted by Crippen LogP contribution is -2.36. The van der Waals surface area contributed by atoms with Crippen LogP contribution in [0.15, 0.2) is 6.07 Å². The number of carbonyl (C=O) groups is 1. The molecule has 2 aromatic heterocycles. The van der Waals surface area contributed by atoms with E-state index in [2.05, 4.69) is 20.7 Å². The number of hydrogen-bond donors (Lipinski definition) is 3. The zero-order valence-electron chi connectivity index (χ0n) is 12.4. The van der Waals surface area contributed by atoms with Gasteiger partial charge in [0.2, 0.25) is 5.95 Å². The first kappa shape index (κ1) is 15.5. The molecule has 2 rings (SSSR count). The second-order valence-corrected chi connectivity index (χ2v) is 6.24. The van der Waals surface area contributed by atoms with Gasteiger partial charge in [0, 0.05) is 4.88 Å². The lowest BCUT2D eigenvalue weighted by atomic mass is 10.0. The van der Waals surface area contributed by atoms with Gasteiger partial charge in [-0.3, -0.25) is 5.43 Å². The fourth-order valence-electron chi connectivity index (χ4n) is 1.99. The Morgan fingerprint density at radius 2 is 2.14 bits per heavy atom. The third kappa shape index (κ3) is 3.22. The van der Waals surface area contributed by atoms with Gasteiger partial charge < -0.3 is 10.1 Å². The van der Waals surface area contributed by atoms with E-state index >= 15 is 0 Å². The van der Waals surface area contributed by atoms with E-state index in [1.54, 1.807) is 11.3 Å². The van der Waals surface area contributed by atoms with Crippen molar-refractivity contribution in [1.82, 2.24) is 9.97 Å². The third-order valence-electron chi connectivity index (χ3n) is 3.06. The van der Waals surface area contributed by atoms with Gasteiger partial charge >= 0.3 is 5.97 Å². The Balaban J connectivity index is 2.46. The number of nitrogens with one attached hydrogen (secondary N) is 2. The van der Waals surface area contributed by atoms with Gasteiger partial charge in [0.1, 0.15) is 16.7 Å². The Bertz CT molecular complexity index is 655.